The van der Waals surface area contributed by atoms with E-state index < -0.39 is 15.9 Å². The molecule has 0 aliphatic rings. The minimum Gasteiger partial charge on any atom is -0.436 e. The molecule has 0 saturated carbocycles. The number of carbonyl (C=O) groups is 1. The molecule has 1 aromatic heterocycles. The Kier molecular flexibility index (Phi) is 6.51. The fourth-order valence-corrected chi connectivity index (χ4v) is 4.26. The predicted molar refractivity (Wildman–Crippen MR) is 132 cm³/mol. The summed E-state index contributed by atoms with van der Waals surface area (Å²) in [5.74, 6) is -0.470. The van der Waals surface area contributed by atoms with Crippen LogP contribution in [0.5, 0.6) is 0 Å². The van der Waals surface area contributed by atoms with Crippen LogP contribution < -0.4 is 15.7 Å². The molecule has 7 nitrogen and oxygen atoms in total. The molecule has 4 rings (SSSR count). The van der Waals surface area contributed by atoms with Crippen molar-refractivity contribution in [2.24, 2.45) is 5.10 Å². The summed E-state index contributed by atoms with van der Waals surface area (Å²) in [7, 11) is -3.97. The normalized spacial score (nSPS) is 12.0. The van der Waals surface area contributed by atoms with Gasteiger partial charge in [-0.2, -0.15) is 13.2 Å². The first kappa shape index (κ1) is 23.3. The lowest BCUT2D eigenvalue weighted by Gasteiger charge is -2.09. The summed E-state index contributed by atoms with van der Waals surface area (Å²) in [5.41, 5.74) is 4.00. The van der Waals surface area contributed by atoms with Crippen LogP contribution >= 0.6 is 0 Å². The van der Waals surface area contributed by atoms with E-state index in [4.69, 9.17) is 4.42 Å². The second-order valence-corrected chi connectivity index (χ2v) is 9.62. The standard InChI is InChI=1S/C26H25N3O4S/c1-4-19-10-12-21(13-11-19)27-25(30)23-16-20-7-5-6-8-24(20)33-26(23)28-29-34(31,32)22-14-9-17(2)18(3)15-22/h5-16,29H,4H2,1-3H3,(H,27,30). The molecular weight excluding hydrogens is 450 g/mol. The third kappa shape index (κ3) is 5.02. The van der Waals surface area contributed by atoms with E-state index in [1.54, 1.807) is 36.4 Å². The fourth-order valence-electron chi connectivity index (χ4n) is 3.37. The highest BCUT2D eigenvalue weighted by atomic mass is 32.2. The van der Waals surface area contributed by atoms with Crippen molar-refractivity contribution in [2.75, 3.05) is 5.32 Å². The van der Waals surface area contributed by atoms with Crippen LogP contribution in [-0.4, -0.2) is 14.3 Å². The quantitative estimate of drug-likeness (QED) is 0.396. The summed E-state index contributed by atoms with van der Waals surface area (Å²) >= 11 is 0. The SMILES string of the molecule is CCc1ccc(NC(=O)c2cc3ccccc3oc2=NNS(=O)(=O)c2ccc(C)c(C)c2)cc1. The smallest absolute Gasteiger partial charge is 0.276 e. The molecule has 34 heavy (non-hydrogen) atoms. The minimum atomic E-state index is -3.97. The molecule has 8 heteroatoms. The lowest BCUT2D eigenvalue weighted by atomic mass is 10.1. The molecule has 3 aromatic carbocycles. The largest absolute Gasteiger partial charge is 0.436 e. The highest BCUT2D eigenvalue weighted by Gasteiger charge is 2.17. The fraction of sp³-hybridized carbons (Fsp3) is 0.154. The van der Waals surface area contributed by atoms with Gasteiger partial charge in [0.25, 0.3) is 15.9 Å². The molecule has 0 saturated heterocycles. The maximum atomic E-state index is 13.1. The molecule has 1 heterocycles. The molecule has 0 aliphatic carbocycles. The van der Waals surface area contributed by atoms with E-state index in [0.717, 1.165) is 23.1 Å². The zero-order valence-corrected chi connectivity index (χ0v) is 19.9. The van der Waals surface area contributed by atoms with Gasteiger partial charge in [-0.3, -0.25) is 4.79 Å². The van der Waals surface area contributed by atoms with Crippen molar-refractivity contribution in [3.63, 3.8) is 0 Å². The van der Waals surface area contributed by atoms with Crippen molar-refractivity contribution in [3.8, 4) is 0 Å². The number of hydrogen-bond acceptors (Lipinski definition) is 5. The Bertz CT molecular complexity index is 1540. The van der Waals surface area contributed by atoms with Crippen LogP contribution in [0.2, 0.25) is 0 Å². The number of carbonyl (C=O) groups excluding carboxylic acids is 1. The molecular formula is C26H25N3O4S. The van der Waals surface area contributed by atoms with Gasteiger partial charge < -0.3 is 9.73 Å². The number of nitrogens with zero attached hydrogens (tertiary/aromatic N) is 1. The average molecular weight is 476 g/mol. The molecule has 0 unspecified atom stereocenters. The molecule has 0 atom stereocenters. The summed E-state index contributed by atoms with van der Waals surface area (Å²) in [4.78, 5) is 15.4. The summed E-state index contributed by atoms with van der Waals surface area (Å²) in [6.45, 7) is 5.79. The Morgan fingerprint density at radius 1 is 0.941 bits per heavy atom. The van der Waals surface area contributed by atoms with Gasteiger partial charge in [-0.05, 0) is 73.4 Å². The van der Waals surface area contributed by atoms with Gasteiger partial charge in [0.05, 0.1) is 4.90 Å². The van der Waals surface area contributed by atoms with Crippen molar-refractivity contribution in [3.05, 3.63) is 101 Å². The number of hydrogen-bond donors (Lipinski definition) is 2. The monoisotopic (exact) mass is 475 g/mol. The molecule has 0 fully saturated rings. The van der Waals surface area contributed by atoms with Crippen molar-refractivity contribution < 1.29 is 17.6 Å². The van der Waals surface area contributed by atoms with Crippen molar-refractivity contribution in [1.29, 1.82) is 0 Å². The number of fused-ring (bicyclic) bond motifs is 1. The topological polar surface area (TPSA) is 101 Å². The van der Waals surface area contributed by atoms with E-state index in [0.29, 0.717) is 16.7 Å². The number of nitrogens with one attached hydrogen (secondary N) is 2. The number of anilines is 1. The van der Waals surface area contributed by atoms with Gasteiger partial charge >= 0.3 is 0 Å². The Labute approximate surface area is 198 Å². The van der Waals surface area contributed by atoms with E-state index in [1.165, 1.54) is 6.07 Å². The molecule has 0 aliphatic heterocycles. The predicted octanol–water partition coefficient (Wildman–Crippen LogP) is 4.66. The number of rotatable bonds is 6. The van der Waals surface area contributed by atoms with Crippen LogP contribution in [0.4, 0.5) is 5.69 Å². The number of sulfonamides is 1. The first-order valence-electron chi connectivity index (χ1n) is 10.8. The number of amides is 1. The van der Waals surface area contributed by atoms with Gasteiger partial charge in [-0.15, -0.1) is 5.10 Å². The highest BCUT2D eigenvalue weighted by Crippen LogP contribution is 2.16. The maximum absolute atomic E-state index is 13.1. The molecule has 0 spiro atoms. The van der Waals surface area contributed by atoms with Gasteiger partial charge in [-0.1, -0.05) is 43.3 Å². The summed E-state index contributed by atoms with van der Waals surface area (Å²) < 4.78 is 31.4. The van der Waals surface area contributed by atoms with Gasteiger partial charge in [-0.25, -0.2) is 0 Å². The number of aryl methyl sites for hydroxylation is 3. The van der Waals surface area contributed by atoms with Crippen LogP contribution in [0, 0.1) is 13.8 Å². The number of benzene rings is 3. The van der Waals surface area contributed by atoms with E-state index in [2.05, 4.69) is 22.2 Å². The molecule has 0 bridgehead atoms. The summed E-state index contributed by atoms with van der Waals surface area (Å²) in [6, 6.07) is 21.0. The zero-order chi connectivity index (χ0) is 24.3. The third-order valence-corrected chi connectivity index (χ3v) is 6.78. The van der Waals surface area contributed by atoms with E-state index in [9.17, 15) is 13.2 Å². The van der Waals surface area contributed by atoms with Crippen LogP contribution in [0.25, 0.3) is 11.0 Å². The lowest BCUT2D eigenvalue weighted by molar-refractivity contribution is 0.102. The third-order valence-electron chi connectivity index (χ3n) is 5.58. The van der Waals surface area contributed by atoms with E-state index in [1.807, 2.05) is 44.2 Å². The maximum Gasteiger partial charge on any atom is 0.276 e. The lowest BCUT2D eigenvalue weighted by Crippen LogP contribution is -2.27. The van der Waals surface area contributed by atoms with E-state index in [-0.39, 0.29) is 16.0 Å². The summed E-state index contributed by atoms with van der Waals surface area (Å²) in [6.07, 6.45) is 0.890. The highest BCUT2D eigenvalue weighted by molar-refractivity contribution is 7.89. The van der Waals surface area contributed by atoms with Crippen molar-refractivity contribution in [1.82, 2.24) is 4.83 Å². The van der Waals surface area contributed by atoms with Crippen molar-refractivity contribution in [2.45, 2.75) is 32.1 Å². The van der Waals surface area contributed by atoms with Crippen LogP contribution in [0.1, 0.15) is 34.0 Å². The van der Waals surface area contributed by atoms with Crippen LogP contribution in [0.3, 0.4) is 0 Å². The molecule has 2 N–H and O–H groups in total. The van der Waals surface area contributed by atoms with Gasteiger partial charge in [0.15, 0.2) is 0 Å². The molecule has 174 valence electrons. The first-order valence-corrected chi connectivity index (χ1v) is 12.3. The van der Waals surface area contributed by atoms with Gasteiger partial charge in [0.2, 0.25) is 5.55 Å². The second kappa shape index (κ2) is 9.52. The Balaban J connectivity index is 1.73. The Morgan fingerprint density at radius 2 is 1.68 bits per heavy atom. The minimum absolute atomic E-state index is 0.0714. The molecule has 1 amide bonds. The van der Waals surface area contributed by atoms with Crippen LogP contribution in [0.15, 0.2) is 87.2 Å². The average Bonchev–Trinajstić information content (AvgIpc) is 2.84. The first-order chi connectivity index (χ1) is 16.3. The molecule has 4 aromatic rings. The second-order valence-electron chi connectivity index (χ2n) is 7.96. The van der Waals surface area contributed by atoms with E-state index >= 15 is 0 Å². The van der Waals surface area contributed by atoms with Crippen molar-refractivity contribution >= 4 is 32.6 Å². The molecule has 0 radical (unpaired) electrons. The summed E-state index contributed by atoms with van der Waals surface area (Å²) in [5, 5.41) is 7.49. The number of para-hydroxylation sites is 1. The van der Waals surface area contributed by atoms with Crippen LogP contribution in [-0.2, 0) is 16.4 Å². The Hall–Kier alpha value is -3.91. The van der Waals surface area contributed by atoms with Gasteiger partial charge in [0.1, 0.15) is 11.1 Å². The van der Waals surface area contributed by atoms with Gasteiger partial charge in [0, 0.05) is 11.1 Å². The Morgan fingerprint density at radius 3 is 2.38 bits per heavy atom. The zero-order valence-electron chi connectivity index (χ0n) is 19.1.